The monoisotopic (exact) mass is 270 g/mol. The van der Waals surface area contributed by atoms with Gasteiger partial charge in [0.15, 0.2) is 0 Å². The highest BCUT2D eigenvalue weighted by Gasteiger charge is 2.32. The van der Waals surface area contributed by atoms with Gasteiger partial charge < -0.3 is 15.4 Å². The van der Waals surface area contributed by atoms with Crippen LogP contribution < -0.4 is 10.6 Å². The second-order valence-electron chi connectivity index (χ2n) is 5.80. The molecule has 0 spiro atoms. The topological polar surface area (TPSA) is 50.4 Å². The third-order valence-electron chi connectivity index (χ3n) is 4.42. The average molecular weight is 270 g/mol. The molecule has 2 N–H and O–H groups in total. The summed E-state index contributed by atoms with van der Waals surface area (Å²) < 4.78 is 4.96. The lowest BCUT2D eigenvalue weighted by molar-refractivity contribution is -0.122. The fourth-order valence-electron chi connectivity index (χ4n) is 2.82. The maximum absolute atomic E-state index is 11.9. The van der Waals surface area contributed by atoms with Gasteiger partial charge in [-0.2, -0.15) is 0 Å². The summed E-state index contributed by atoms with van der Waals surface area (Å²) in [6.45, 7) is 6.57. The molecule has 1 rings (SSSR count). The summed E-state index contributed by atoms with van der Waals surface area (Å²) in [4.78, 5) is 11.9. The Morgan fingerprint density at radius 3 is 2.63 bits per heavy atom. The molecular formula is C15H30N2O2. The summed E-state index contributed by atoms with van der Waals surface area (Å²) in [5.74, 6) is 0.0975. The molecule has 0 aliphatic heterocycles. The smallest absolute Gasteiger partial charge is 0.236 e. The first-order chi connectivity index (χ1) is 9.13. The molecular weight excluding hydrogens is 240 g/mol. The third kappa shape index (κ3) is 5.49. The minimum atomic E-state index is -0.105. The molecule has 4 nitrogen and oxygen atoms in total. The summed E-state index contributed by atoms with van der Waals surface area (Å²) in [6.07, 6.45) is 7.37. The quantitative estimate of drug-likeness (QED) is 0.631. The standard InChI is InChI=1S/C15H30N2O2/c1-4-15(8-5-6-9-15)12-17-13(2)14(18)16-10-7-11-19-3/h13,17H,4-12H2,1-3H3,(H,16,18). The highest BCUT2D eigenvalue weighted by Crippen LogP contribution is 2.40. The van der Waals surface area contributed by atoms with Crippen molar-refractivity contribution in [2.24, 2.45) is 5.41 Å². The van der Waals surface area contributed by atoms with E-state index in [4.69, 9.17) is 4.74 Å². The lowest BCUT2D eigenvalue weighted by Gasteiger charge is -2.29. The van der Waals surface area contributed by atoms with Crippen LogP contribution in [0.15, 0.2) is 0 Å². The number of hydrogen-bond donors (Lipinski definition) is 2. The number of rotatable bonds is 9. The van der Waals surface area contributed by atoms with Crippen LogP contribution in [0.4, 0.5) is 0 Å². The van der Waals surface area contributed by atoms with Crippen LogP contribution in [-0.2, 0) is 9.53 Å². The molecule has 1 amide bonds. The van der Waals surface area contributed by atoms with Crippen molar-refractivity contribution >= 4 is 5.91 Å². The van der Waals surface area contributed by atoms with Gasteiger partial charge in [-0.25, -0.2) is 0 Å². The molecule has 4 heteroatoms. The van der Waals surface area contributed by atoms with Crippen LogP contribution in [0.1, 0.15) is 52.4 Å². The minimum Gasteiger partial charge on any atom is -0.385 e. The molecule has 1 saturated carbocycles. The van der Waals surface area contributed by atoms with E-state index in [9.17, 15) is 4.79 Å². The van der Waals surface area contributed by atoms with E-state index in [1.807, 2.05) is 6.92 Å². The Kier molecular flexibility index (Phi) is 7.39. The molecule has 0 heterocycles. The van der Waals surface area contributed by atoms with Crippen molar-refractivity contribution in [3.05, 3.63) is 0 Å². The van der Waals surface area contributed by atoms with E-state index < -0.39 is 0 Å². The fourth-order valence-corrected chi connectivity index (χ4v) is 2.82. The summed E-state index contributed by atoms with van der Waals surface area (Å²) in [7, 11) is 1.68. The van der Waals surface area contributed by atoms with Gasteiger partial charge >= 0.3 is 0 Å². The molecule has 0 bridgehead atoms. The molecule has 0 aromatic carbocycles. The molecule has 0 radical (unpaired) electrons. The highest BCUT2D eigenvalue weighted by molar-refractivity contribution is 5.81. The van der Waals surface area contributed by atoms with Crippen molar-refractivity contribution in [2.45, 2.75) is 58.4 Å². The van der Waals surface area contributed by atoms with Gasteiger partial charge in [0.2, 0.25) is 5.91 Å². The van der Waals surface area contributed by atoms with E-state index in [1.165, 1.54) is 32.1 Å². The maximum Gasteiger partial charge on any atom is 0.236 e. The van der Waals surface area contributed by atoms with Crippen LogP contribution >= 0.6 is 0 Å². The second kappa shape index (κ2) is 8.54. The highest BCUT2D eigenvalue weighted by atomic mass is 16.5. The maximum atomic E-state index is 11.9. The van der Waals surface area contributed by atoms with E-state index in [1.54, 1.807) is 7.11 Å². The Bertz CT molecular complexity index is 263. The van der Waals surface area contributed by atoms with Gasteiger partial charge in [-0.3, -0.25) is 4.79 Å². The molecule has 112 valence electrons. The van der Waals surface area contributed by atoms with Crippen molar-refractivity contribution in [3.8, 4) is 0 Å². The van der Waals surface area contributed by atoms with E-state index in [-0.39, 0.29) is 11.9 Å². The van der Waals surface area contributed by atoms with Gasteiger partial charge in [0, 0.05) is 26.8 Å². The van der Waals surface area contributed by atoms with Gasteiger partial charge in [0.25, 0.3) is 0 Å². The molecule has 19 heavy (non-hydrogen) atoms. The summed E-state index contributed by atoms with van der Waals surface area (Å²) >= 11 is 0. The zero-order valence-corrected chi connectivity index (χ0v) is 12.8. The molecule has 1 atom stereocenters. The zero-order valence-electron chi connectivity index (χ0n) is 12.8. The number of amides is 1. The van der Waals surface area contributed by atoms with Crippen molar-refractivity contribution < 1.29 is 9.53 Å². The van der Waals surface area contributed by atoms with Crippen molar-refractivity contribution in [3.63, 3.8) is 0 Å². The Morgan fingerprint density at radius 1 is 1.37 bits per heavy atom. The first-order valence-electron chi connectivity index (χ1n) is 7.63. The van der Waals surface area contributed by atoms with Crippen molar-refractivity contribution in [2.75, 3.05) is 26.8 Å². The lowest BCUT2D eigenvalue weighted by atomic mass is 9.83. The van der Waals surface area contributed by atoms with Crippen LogP contribution in [0, 0.1) is 5.41 Å². The van der Waals surface area contributed by atoms with Gasteiger partial charge in [-0.05, 0) is 38.0 Å². The molecule has 1 aliphatic carbocycles. The average Bonchev–Trinajstić information content (AvgIpc) is 2.90. The van der Waals surface area contributed by atoms with Gasteiger partial charge in [-0.15, -0.1) is 0 Å². The van der Waals surface area contributed by atoms with Crippen molar-refractivity contribution in [1.82, 2.24) is 10.6 Å². The molecule has 0 aromatic heterocycles. The normalized spacial score (nSPS) is 19.3. The molecule has 0 aromatic rings. The second-order valence-corrected chi connectivity index (χ2v) is 5.80. The lowest BCUT2D eigenvalue weighted by Crippen LogP contribution is -2.46. The van der Waals surface area contributed by atoms with E-state index in [2.05, 4.69) is 17.6 Å². The SMILES string of the molecule is CCC1(CNC(C)C(=O)NCCCOC)CCCC1. The largest absolute Gasteiger partial charge is 0.385 e. The summed E-state index contributed by atoms with van der Waals surface area (Å²) in [5, 5.41) is 6.36. The molecule has 0 saturated heterocycles. The predicted octanol–water partition coefficient (Wildman–Crippen LogP) is 2.09. The summed E-state index contributed by atoms with van der Waals surface area (Å²) in [5.41, 5.74) is 0.435. The van der Waals surface area contributed by atoms with E-state index in [0.29, 0.717) is 18.6 Å². The number of methoxy groups -OCH3 is 1. The molecule has 1 fully saturated rings. The minimum absolute atomic E-state index is 0.0975. The zero-order chi connectivity index (χ0) is 14.1. The van der Waals surface area contributed by atoms with Crippen LogP contribution in [0.3, 0.4) is 0 Å². The van der Waals surface area contributed by atoms with Crippen LogP contribution in [0.2, 0.25) is 0 Å². The van der Waals surface area contributed by atoms with Crippen LogP contribution in [0.25, 0.3) is 0 Å². The fraction of sp³-hybridized carbons (Fsp3) is 0.933. The van der Waals surface area contributed by atoms with Crippen molar-refractivity contribution in [1.29, 1.82) is 0 Å². The number of ether oxygens (including phenoxy) is 1. The van der Waals surface area contributed by atoms with Crippen LogP contribution in [-0.4, -0.2) is 38.8 Å². The van der Waals surface area contributed by atoms with Crippen LogP contribution in [0.5, 0.6) is 0 Å². The Balaban J connectivity index is 2.22. The molecule has 1 aliphatic rings. The van der Waals surface area contributed by atoms with E-state index >= 15 is 0 Å². The number of carbonyl (C=O) groups is 1. The Morgan fingerprint density at radius 2 is 2.05 bits per heavy atom. The first-order valence-corrected chi connectivity index (χ1v) is 7.63. The number of hydrogen-bond acceptors (Lipinski definition) is 3. The Hall–Kier alpha value is -0.610. The molecule has 1 unspecified atom stereocenters. The Labute approximate surface area is 117 Å². The first kappa shape index (κ1) is 16.4. The van der Waals surface area contributed by atoms with E-state index in [0.717, 1.165) is 13.0 Å². The van der Waals surface area contributed by atoms with Gasteiger partial charge in [0.1, 0.15) is 0 Å². The third-order valence-corrected chi connectivity index (χ3v) is 4.42. The number of carbonyl (C=O) groups excluding carboxylic acids is 1. The number of nitrogens with one attached hydrogen (secondary N) is 2. The van der Waals surface area contributed by atoms with Gasteiger partial charge in [-0.1, -0.05) is 19.8 Å². The summed E-state index contributed by atoms with van der Waals surface area (Å²) in [6, 6.07) is -0.105. The predicted molar refractivity (Wildman–Crippen MR) is 78.2 cm³/mol. The van der Waals surface area contributed by atoms with Gasteiger partial charge in [0.05, 0.1) is 6.04 Å².